The quantitative estimate of drug-likeness (QED) is 0.291. The highest BCUT2D eigenvalue weighted by molar-refractivity contribution is 8.01. The molecule has 1 N–H and O–H groups in total. The lowest BCUT2D eigenvalue weighted by Gasteiger charge is -2.14. The number of hydrogen-bond acceptors (Lipinski definition) is 8. The number of carbonyl (C=O) groups is 1. The van der Waals surface area contributed by atoms with Crippen LogP contribution in [0, 0.1) is 12.7 Å². The lowest BCUT2D eigenvalue weighted by molar-refractivity contribution is 0.102. The van der Waals surface area contributed by atoms with Crippen LogP contribution in [0.3, 0.4) is 0 Å². The summed E-state index contributed by atoms with van der Waals surface area (Å²) in [5, 5.41) is 11.0. The number of amides is 1. The van der Waals surface area contributed by atoms with Gasteiger partial charge in [0.15, 0.2) is 10.2 Å². The maximum atomic E-state index is 14.9. The molecule has 0 spiro atoms. The van der Waals surface area contributed by atoms with Gasteiger partial charge in [0.25, 0.3) is 5.91 Å². The van der Waals surface area contributed by atoms with Crippen molar-refractivity contribution in [3.8, 4) is 16.9 Å². The van der Waals surface area contributed by atoms with Crippen molar-refractivity contribution in [1.82, 2.24) is 15.2 Å². The standard InChI is InChI=1S/C19H18ClFN4O3S2/c1-10-8-11(15-14(28-3)5-4-13(20)16(15)21)12(9-22-10)17(26)23-18-24-25-19(30-18)29-7-6-27-2/h4-5,8-9H,6-7H2,1-3H3,(H,23,24,26). The lowest BCUT2D eigenvalue weighted by Crippen LogP contribution is -2.14. The van der Waals surface area contributed by atoms with Crippen LogP contribution >= 0.6 is 34.7 Å². The Morgan fingerprint density at radius 1 is 1.33 bits per heavy atom. The van der Waals surface area contributed by atoms with Gasteiger partial charge >= 0.3 is 0 Å². The topological polar surface area (TPSA) is 86.2 Å². The predicted molar refractivity (Wildman–Crippen MR) is 116 cm³/mol. The number of ether oxygens (including phenoxy) is 2. The van der Waals surface area contributed by atoms with Crippen molar-refractivity contribution in [3.05, 3.63) is 46.5 Å². The Kier molecular flexibility index (Phi) is 7.59. The highest BCUT2D eigenvalue weighted by atomic mass is 35.5. The van der Waals surface area contributed by atoms with Crippen LogP contribution in [-0.4, -0.2) is 47.7 Å². The van der Waals surface area contributed by atoms with Crippen molar-refractivity contribution in [3.63, 3.8) is 0 Å². The molecular formula is C19H18ClFN4O3S2. The zero-order chi connectivity index (χ0) is 21.7. The summed E-state index contributed by atoms with van der Waals surface area (Å²) in [4.78, 5) is 17.1. The van der Waals surface area contributed by atoms with Gasteiger partial charge in [-0.25, -0.2) is 4.39 Å². The second-order valence-electron chi connectivity index (χ2n) is 5.98. The average Bonchev–Trinajstić information content (AvgIpc) is 3.17. The fourth-order valence-electron chi connectivity index (χ4n) is 2.60. The predicted octanol–water partition coefficient (Wildman–Crippen LogP) is 4.70. The molecule has 0 saturated carbocycles. The first-order valence-electron chi connectivity index (χ1n) is 8.70. The molecule has 1 aromatic carbocycles. The third kappa shape index (κ3) is 5.07. The number of rotatable bonds is 8. The fourth-order valence-corrected chi connectivity index (χ4v) is 4.47. The van der Waals surface area contributed by atoms with Gasteiger partial charge in [-0.1, -0.05) is 34.7 Å². The summed E-state index contributed by atoms with van der Waals surface area (Å²) in [6, 6.07) is 4.56. The smallest absolute Gasteiger partial charge is 0.259 e. The Morgan fingerprint density at radius 3 is 2.87 bits per heavy atom. The van der Waals surface area contributed by atoms with E-state index in [2.05, 4.69) is 20.5 Å². The van der Waals surface area contributed by atoms with Gasteiger partial charge in [-0.15, -0.1) is 10.2 Å². The third-order valence-electron chi connectivity index (χ3n) is 3.97. The molecule has 0 saturated heterocycles. The molecule has 2 aromatic heterocycles. The number of thioether (sulfide) groups is 1. The van der Waals surface area contributed by atoms with Crippen molar-refractivity contribution >= 4 is 45.7 Å². The van der Waals surface area contributed by atoms with Gasteiger partial charge in [0, 0.05) is 30.3 Å². The minimum atomic E-state index is -0.677. The van der Waals surface area contributed by atoms with E-state index in [1.807, 2.05) is 0 Å². The second-order valence-corrected chi connectivity index (χ2v) is 8.71. The monoisotopic (exact) mass is 468 g/mol. The average molecular weight is 469 g/mol. The molecule has 0 bridgehead atoms. The van der Waals surface area contributed by atoms with Gasteiger partial charge in [-0.2, -0.15) is 0 Å². The number of methoxy groups -OCH3 is 2. The fraction of sp³-hybridized carbons (Fsp3) is 0.263. The maximum Gasteiger partial charge on any atom is 0.259 e. The van der Waals surface area contributed by atoms with Crippen molar-refractivity contribution < 1.29 is 18.7 Å². The molecule has 0 fully saturated rings. The summed E-state index contributed by atoms with van der Waals surface area (Å²) in [6.07, 6.45) is 1.38. The van der Waals surface area contributed by atoms with E-state index in [1.165, 1.54) is 42.5 Å². The highest BCUT2D eigenvalue weighted by Gasteiger charge is 2.22. The van der Waals surface area contributed by atoms with E-state index < -0.39 is 11.7 Å². The Labute approximate surface area is 186 Å². The van der Waals surface area contributed by atoms with Crippen molar-refractivity contribution in [2.75, 3.05) is 31.9 Å². The minimum Gasteiger partial charge on any atom is -0.496 e. The molecular weight excluding hydrogens is 451 g/mol. The van der Waals surface area contributed by atoms with E-state index in [-0.39, 0.29) is 21.9 Å². The number of aromatic nitrogens is 3. The van der Waals surface area contributed by atoms with Gasteiger partial charge in [0.1, 0.15) is 5.75 Å². The van der Waals surface area contributed by atoms with Crippen LogP contribution in [0.4, 0.5) is 9.52 Å². The minimum absolute atomic E-state index is 0.0755. The molecule has 11 heteroatoms. The van der Waals surface area contributed by atoms with Crippen molar-refractivity contribution in [1.29, 1.82) is 0 Å². The molecule has 0 radical (unpaired) electrons. The molecule has 0 aliphatic heterocycles. The van der Waals surface area contributed by atoms with Gasteiger partial charge < -0.3 is 9.47 Å². The highest BCUT2D eigenvalue weighted by Crippen LogP contribution is 2.38. The summed E-state index contributed by atoms with van der Waals surface area (Å²) in [6.45, 7) is 2.33. The van der Waals surface area contributed by atoms with E-state index in [0.29, 0.717) is 27.3 Å². The molecule has 0 aliphatic carbocycles. The number of anilines is 1. The summed E-state index contributed by atoms with van der Waals surface area (Å²) in [7, 11) is 3.04. The summed E-state index contributed by atoms with van der Waals surface area (Å²) in [5.41, 5.74) is 1.17. The van der Waals surface area contributed by atoms with Crippen LogP contribution in [-0.2, 0) is 4.74 Å². The summed E-state index contributed by atoms with van der Waals surface area (Å²) in [5.74, 6) is -0.199. The molecule has 0 unspecified atom stereocenters. The zero-order valence-corrected chi connectivity index (χ0v) is 18.8. The number of nitrogens with one attached hydrogen (secondary N) is 1. The van der Waals surface area contributed by atoms with Crippen LogP contribution in [0.15, 0.2) is 28.7 Å². The van der Waals surface area contributed by atoms with Crippen LogP contribution in [0.2, 0.25) is 5.02 Å². The van der Waals surface area contributed by atoms with Crippen LogP contribution < -0.4 is 10.1 Å². The number of hydrogen-bond donors (Lipinski definition) is 1. The Morgan fingerprint density at radius 2 is 2.13 bits per heavy atom. The molecule has 3 rings (SSSR count). The number of halogens is 2. The molecule has 3 aromatic rings. The van der Waals surface area contributed by atoms with Crippen LogP contribution in [0.25, 0.3) is 11.1 Å². The largest absolute Gasteiger partial charge is 0.496 e. The maximum absolute atomic E-state index is 14.9. The molecule has 7 nitrogen and oxygen atoms in total. The second kappa shape index (κ2) is 10.2. The number of nitrogens with zero attached hydrogens (tertiary/aromatic N) is 3. The summed E-state index contributed by atoms with van der Waals surface area (Å²) < 4.78 is 25.9. The zero-order valence-electron chi connectivity index (χ0n) is 16.4. The molecule has 30 heavy (non-hydrogen) atoms. The first-order chi connectivity index (χ1) is 14.4. The van der Waals surface area contributed by atoms with E-state index >= 15 is 0 Å². The SMILES string of the molecule is COCCSc1nnc(NC(=O)c2cnc(C)cc2-c2c(OC)ccc(Cl)c2F)s1. The normalized spacial score (nSPS) is 10.8. The van der Waals surface area contributed by atoms with Gasteiger partial charge in [-0.05, 0) is 25.1 Å². The number of pyridine rings is 1. The van der Waals surface area contributed by atoms with Gasteiger partial charge in [0.05, 0.1) is 29.9 Å². The summed E-state index contributed by atoms with van der Waals surface area (Å²) >= 11 is 8.69. The van der Waals surface area contributed by atoms with Crippen molar-refractivity contribution in [2.45, 2.75) is 11.3 Å². The van der Waals surface area contributed by atoms with E-state index in [9.17, 15) is 9.18 Å². The van der Waals surface area contributed by atoms with E-state index in [4.69, 9.17) is 21.1 Å². The Balaban J connectivity index is 1.93. The molecule has 2 heterocycles. The first kappa shape index (κ1) is 22.4. The Bertz CT molecular complexity index is 1060. The lowest BCUT2D eigenvalue weighted by atomic mass is 9.98. The van der Waals surface area contributed by atoms with Crippen molar-refractivity contribution in [2.24, 2.45) is 0 Å². The third-order valence-corrected chi connectivity index (χ3v) is 6.20. The van der Waals surface area contributed by atoms with Crippen LogP contribution in [0.1, 0.15) is 16.1 Å². The number of benzene rings is 1. The number of aryl methyl sites for hydroxylation is 1. The Hall–Kier alpha value is -2.27. The van der Waals surface area contributed by atoms with Gasteiger partial charge in [-0.3, -0.25) is 15.1 Å². The molecule has 1 amide bonds. The first-order valence-corrected chi connectivity index (χ1v) is 10.9. The van der Waals surface area contributed by atoms with E-state index in [0.717, 1.165) is 5.75 Å². The van der Waals surface area contributed by atoms with E-state index in [1.54, 1.807) is 26.2 Å². The molecule has 158 valence electrons. The molecule has 0 atom stereocenters. The molecule has 0 aliphatic rings. The number of carbonyl (C=O) groups excluding carboxylic acids is 1. The van der Waals surface area contributed by atoms with Gasteiger partial charge in [0.2, 0.25) is 5.13 Å². The van der Waals surface area contributed by atoms with Crippen LogP contribution in [0.5, 0.6) is 5.75 Å².